The van der Waals surface area contributed by atoms with E-state index < -0.39 is 5.97 Å². The van der Waals surface area contributed by atoms with Gasteiger partial charge in [-0.3, -0.25) is 4.79 Å². The van der Waals surface area contributed by atoms with Crippen LogP contribution in [-0.2, 0) is 29.0 Å². The van der Waals surface area contributed by atoms with E-state index in [0.717, 1.165) is 22.3 Å². The first-order valence-electron chi connectivity index (χ1n) is 11.1. The lowest BCUT2D eigenvalue weighted by Gasteiger charge is -2.15. The third kappa shape index (κ3) is 6.33. The highest BCUT2D eigenvalue weighted by Gasteiger charge is 2.21. The molecule has 0 aliphatic carbocycles. The third-order valence-electron chi connectivity index (χ3n) is 5.25. The number of hydroxylamine groups is 1. The van der Waals surface area contributed by atoms with Gasteiger partial charge in [0.05, 0.1) is 6.42 Å². The van der Waals surface area contributed by atoms with Crippen molar-refractivity contribution in [2.45, 2.75) is 19.4 Å². The summed E-state index contributed by atoms with van der Waals surface area (Å²) in [6, 6.07) is 34.0. The first kappa shape index (κ1) is 22.8. The molecule has 0 atom stereocenters. The molecule has 0 spiro atoms. The minimum absolute atomic E-state index is 0.138. The number of benzene rings is 4. The summed E-state index contributed by atoms with van der Waals surface area (Å²) < 4.78 is 5.60. The minimum Gasteiger partial charge on any atom is -0.457 e. The van der Waals surface area contributed by atoms with Gasteiger partial charge in [0, 0.05) is 0 Å². The molecule has 0 aliphatic heterocycles. The third-order valence-corrected chi connectivity index (χ3v) is 5.25. The molecule has 0 unspecified atom stereocenters. The molecule has 0 saturated heterocycles. The Morgan fingerprint density at radius 3 is 1.88 bits per heavy atom. The Hall–Kier alpha value is -4.38. The predicted molar refractivity (Wildman–Crippen MR) is 130 cm³/mol. The zero-order chi connectivity index (χ0) is 23.6. The van der Waals surface area contributed by atoms with Crippen molar-refractivity contribution >= 4 is 11.9 Å². The highest BCUT2D eigenvalue weighted by Crippen LogP contribution is 2.26. The molecule has 0 radical (unpaired) electrons. The van der Waals surface area contributed by atoms with Crippen LogP contribution in [0.15, 0.2) is 109 Å². The van der Waals surface area contributed by atoms with Gasteiger partial charge in [-0.1, -0.05) is 103 Å². The van der Waals surface area contributed by atoms with Crippen molar-refractivity contribution in [3.05, 3.63) is 137 Å². The summed E-state index contributed by atoms with van der Waals surface area (Å²) in [5.74, 6) is -0.584. The summed E-state index contributed by atoms with van der Waals surface area (Å²) >= 11 is 0. The topological polar surface area (TPSA) is 64.6 Å². The molecule has 4 aromatic carbocycles. The van der Waals surface area contributed by atoms with E-state index in [0.29, 0.717) is 12.0 Å². The second-order valence-corrected chi connectivity index (χ2v) is 7.80. The molecule has 0 bridgehead atoms. The van der Waals surface area contributed by atoms with Crippen LogP contribution in [0.4, 0.5) is 0 Å². The Bertz CT molecular complexity index is 1220. The van der Waals surface area contributed by atoms with Crippen LogP contribution in [0.2, 0.25) is 0 Å². The van der Waals surface area contributed by atoms with Gasteiger partial charge in [-0.15, -0.1) is 0 Å². The lowest BCUT2D eigenvalue weighted by atomic mass is 9.99. The number of carbonyl (C=O) groups excluding carboxylic acids is 2. The molecule has 1 amide bonds. The van der Waals surface area contributed by atoms with Crippen LogP contribution in [0, 0.1) is 0 Å². The molecule has 34 heavy (non-hydrogen) atoms. The van der Waals surface area contributed by atoms with Crippen molar-refractivity contribution < 1.29 is 19.2 Å². The highest BCUT2D eigenvalue weighted by molar-refractivity contribution is 5.94. The van der Waals surface area contributed by atoms with Crippen molar-refractivity contribution in [2.75, 3.05) is 0 Å². The molecule has 0 heterocycles. The summed E-state index contributed by atoms with van der Waals surface area (Å²) in [6.45, 7) is 0.138. The molecule has 0 fully saturated rings. The Labute approximate surface area is 198 Å². The molecular weight excluding hydrogens is 426 g/mol. The summed E-state index contributed by atoms with van der Waals surface area (Å²) in [4.78, 5) is 31.2. The van der Waals surface area contributed by atoms with Crippen molar-refractivity contribution in [1.82, 2.24) is 5.48 Å². The fourth-order valence-electron chi connectivity index (χ4n) is 3.58. The average Bonchev–Trinajstić information content (AvgIpc) is 2.88. The predicted octanol–water partition coefficient (Wildman–Crippen LogP) is 5.29. The Balaban J connectivity index is 1.53. The van der Waals surface area contributed by atoms with E-state index in [1.807, 2.05) is 97.1 Å². The molecule has 0 aliphatic rings. The maximum absolute atomic E-state index is 13.2. The smallest absolute Gasteiger partial charge is 0.342 e. The largest absolute Gasteiger partial charge is 0.457 e. The molecule has 5 heteroatoms. The number of hydrogen-bond acceptors (Lipinski definition) is 4. The van der Waals surface area contributed by atoms with Crippen LogP contribution in [-0.4, -0.2) is 11.9 Å². The van der Waals surface area contributed by atoms with Crippen molar-refractivity contribution in [3.8, 4) is 5.75 Å². The maximum atomic E-state index is 13.2. The number of ether oxygens (including phenoxy) is 1. The van der Waals surface area contributed by atoms with Gasteiger partial charge >= 0.3 is 5.97 Å². The van der Waals surface area contributed by atoms with E-state index in [1.54, 1.807) is 12.1 Å². The molecule has 170 valence electrons. The van der Waals surface area contributed by atoms with Crippen LogP contribution in [0.5, 0.6) is 5.75 Å². The van der Waals surface area contributed by atoms with E-state index in [4.69, 9.17) is 9.57 Å². The normalized spacial score (nSPS) is 10.4. The Morgan fingerprint density at radius 2 is 1.24 bits per heavy atom. The van der Waals surface area contributed by atoms with Gasteiger partial charge in [0.25, 0.3) is 5.91 Å². The van der Waals surface area contributed by atoms with Gasteiger partial charge in [-0.05, 0) is 34.7 Å². The fourth-order valence-corrected chi connectivity index (χ4v) is 3.58. The zero-order valence-electron chi connectivity index (χ0n) is 18.6. The van der Waals surface area contributed by atoms with Gasteiger partial charge < -0.3 is 9.57 Å². The summed E-state index contributed by atoms with van der Waals surface area (Å²) in [5, 5.41) is 0. The Kier molecular flexibility index (Phi) is 7.70. The Morgan fingerprint density at radius 1 is 0.647 bits per heavy atom. The standard InChI is InChI=1S/C29H25NO4/c31-27(20-23-13-6-2-7-14-23)30-34-26-18-10-17-25(19-22-11-4-1-5-12-22)28(26)29(32)33-21-24-15-8-3-9-16-24/h1-18H,19-21H2,(H,30,31). The molecule has 4 aromatic rings. The second kappa shape index (κ2) is 11.5. The van der Waals surface area contributed by atoms with E-state index in [-0.39, 0.29) is 24.7 Å². The van der Waals surface area contributed by atoms with Gasteiger partial charge in [-0.25, -0.2) is 4.79 Å². The molecule has 4 rings (SSSR count). The molecule has 0 aromatic heterocycles. The van der Waals surface area contributed by atoms with Crippen molar-refractivity contribution in [3.63, 3.8) is 0 Å². The van der Waals surface area contributed by atoms with E-state index in [9.17, 15) is 9.59 Å². The maximum Gasteiger partial charge on any atom is 0.342 e. The second-order valence-electron chi connectivity index (χ2n) is 7.80. The van der Waals surface area contributed by atoms with Crippen LogP contribution in [0.3, 0.4) is 0 Å². The summed E-state index contributed by atoms with van der Waals surface area (Å²) in [7, 11) is 0. The van der Waals surface area contributed by atoms with E-state index >= 15 is 0 Å². The molecule has 1 N–H and O–H groups in total. The first-order chi connectivity index (χ1) is 16.7. The molecule has 5 nitrogen and oxygen atoms in total. The number of carbonyl (C=O) groups is 2. The molecular formula is C29H25NO4. The van der Waals surface area contributed by atoms with Crippen molar-refractivity contribution in [2.24, 2.45) is 0 Å². The molecule has 0 saturated carbocycles. The lowest BCUT2D eigenvalue weighted by molar-refractivity contribution is -0.127. The van der Waals surface area contributed by atoms with Crippen LogP contribution >= 0.6 is 0 Å². The summed E-state index contributed by atoms with van der Waals surface area (Å²) in [5.41, 5.74) is 6.30. The lowest BCUT2D eigenvalue weighted by Crippen LogP contribution is -2.29. The number of esters is 1. The minimum atomic E-state index is -0.511. The van der Waals surface area contributed by atoms with Gasteiger partial charge in [0.2, 0.25) is 0 Å². The van der Waals surface area contributed by atoms with Gasteiger partial charge in [0.15, 0.2) is 5.75 Å². The van der Waals surface area contributed by atoms with Crippen molar-refractivity contribution in [1.29, 1.82) is 0 Å². The van der Waals surface area contributed by atoms with Crippen LogP contribution in [0.25, 0.3) is 0 Å². The average molecular weight is 452 g/mol. The fraction of sp³-hybridized carbons (Fsp3) is 0.103. The number of rotatable bonds is 9. The van der Waals surface area contributed by atoms with Gasteiger partial charge in [0.1, 0.15) is 12.2 Å². The van der Waals surface area contributed by atoms with Crippen LogP contribution < -0.4 is 10.3 Å². The quantitative estimate of drug-likeness (QED) is 0.278. The number of nitrogens with one attached hydrogen (secondary N) is 1. The number of amides is 1. The zero-order valence-corrected chi connectivity index (χ0v) is 18.6. The van der Waals surface area contributed by atoms with Gasteiger partial charge in [-0.2, -0.15) is 5.48 Å². The summed E-state index contributed by atoms with van der Waals surface area (Å²) in [6.07, 6.45) is 0.685. The SMILES string of the molecule is O=C(Cc1ccccc1)NOc1cccc(Cc2ccccc2)c1C(=O)OCc1ccccc1. The monoisotopic (exact) mass is 451 g/mol. The van der Waals surface area contributed by atoms with Crippen LogP contribution in [0.1, 0.15) is 32.6 Å². The highest BCUT2D eigenvalue weighted by atomic mass is 16.7. The van der Waals surface area contributed by atoms with E-state index in [1.165, 1.54) is 0 Å². The number of hydrogen-bond donors (Lipinski definition) is 1. The van der Waals surface area contributed by atoms with E-state index in [2.05, 4.69) is 5.48 Å². The first-order valence-corrected chi connectivity index (χ1v) is 11.1.